The third-order valence-corrected chi connectivity index (χ3v) is 3.86. The molecule has 0 aliphatic rings. The quantitative estimate of drug-likeness (QED) is 0.642. The fourth-order valence-electron chi connectivity index (χ4n) is 1.83. The van der Waals surface area contributed by atoms with Crippen LogP contribution in [0.5, 0.6) is 0 Å². The van der Waals surface area contributed by atoms with Gasteiger partial charge in [-0.15, -0.1) is 0 Å². The van der Waals surface area contributed by atoms with Crippen molar-refractivity contribution in [3.8, 4) is 0 Å². The first kappa shape index (κ1) is 12.6. The number of nitrogens with two attached hydrogens (primary N) is 1. The van der Waals surface area contributed by atoms with Gasteiger partial charge in [-0.05, 0) is 46.9 Å². The molecule has 4 heteroatoms. The second-order valence-electron chi connectivity index (χ2n) is 3.91. The maximum absolute atomic E-state index is 6.16. The topological polar surface area (TPSA) is 38.0 Å². The number of hydrogen-bond donors (Lipinski definition) is 2. The standard InChI is InChI=1S/C13H15ClN2S/c14-12-4-2-1-3-11(12)13(16-15)6-5-10-7-8-17-9-10/h1-4,7-9,13,16H,5-6,15H2. The van der Waals surface area contributed by atoms with E-state index in [-0.39, 0.29) is 6.04 Å². The molecule has 1 unspecified atom stereocenters. The van der Waals surface area contributed by atoms with Crippen LogP contribution in [0.2, 0.25) is 5.02 Å². The molecule has 0 fully saturated rings. The van der Waals surface area contributed by atoms with E-state index in [9.17, 15) is 0 Å². The number of hydrazine groups is 1. The minimum absolute atomic E-state index is 0.101. The van der Waals surface area contributed by atoms with Gasteiger partial charge in [0, 0.05) is 11.1 Å². The summed E-state index contributed by atoms with van der Waals surface area (Å²) in [5, 5.41) is 5.02. The molecule has 90 valence electrons. The first-order valence-electron chi connectivity index (χ1n) is 5.53. The van der Waals surface area contributed by atoms with Gasteiger partial charge in [-0.1, -0.05) is 29.8 Å². The van der Waals surface area contributed by atoms with Crippen molar-refractivity contribution in [2.45, 2.75) is 18.9 Å². The Kier molecular flexibility index (Phi) is 4.57. The monoisotopic (exact) mass is 266 g/mol. The van der Waals surface area contributed by atoms with Crippen LogP contribution in [0.25, 0.3) is 0 Å². The lowest BCUT2D eigenvalue weighted by molar-refractivity contribution is 0.517. The summed E-state index contributed by atoms with van der Waals surface area (Å²) < 4.78 is 0. The van der Waals surface area contributed by atoms with Crippen molar-refractivity contribution in [3.05, 3.63) is 57.2 Å². The van der Waals surface area contributed by atoms with Gasteiger partial charge in [0.2, 0.25) is 0 Å². The second-order valence-corrected chi connectivity index (χ2v) is 5.10. The fourth-order valence-corrected chi connectivity index (χ4v) is 2.80. The molecule has 0 saturated heterocycles. The Morgan fingerprint density at radius 2 is 2.12 bits per heavy atom. The molecular formula is C13H15ClN2S. The molecule has 17 heavy (non-hydrogen) atoms. The summed E-state index contributed by atoms with van der Waals surface area (Å²) in [6.45, 7) is 0. The largest absolute Gasteiger partial charge is 0.271 e. The molecule has 2 nitrogen and oxygen atoms in total. The van der Waals surface area contributed by atoms with Crippen molar-refractivity contribution >= 4 is 22.9 Å². The minimum atomic E-state index is 0.101. The maximum Gasteiger partial charge on any atom is 0.0477 e. The van der Waals surface area contributed by atoms with E-state index < -0.39 is 0 Å². The first-order chi connectivity index (χ1) is 8.31. The van der Waals surface area contributed by atoms with Crippen molar-refractivity contribution in [3.63, 3.8) is 0 Å². The summed E-state index contributed by atoms with van der Waals surface area (Å²) in [4.78, 5) is 0. The highest BCUT2D eigenvalue weighted by Gasteiger charge is 2.12. The van der Waals surface area contributed by atoms with Crippen molar-refractivity contribution in [1.29, 1.82) is 0 Å². The molecule has 0 aliphatic heterocycles. The van der Waals surface area contributed by atoms with E-state index in [1.165, 1.54) is 5.56 Å². The number of aryl methyl sites for hydroxylation is 1. The van der Waals surface area contributed by atoms with Gasteiger partial charge in [-0.3, -0.25) is 11.3 Å². The summed E-state index contributed by atoms with van der Waals surface area (Å²) in [7, 11) is 0. The highest BCUT2D eigenvalue weighted by Crippen LogP contribution is 2.25. The van der Waals surface area contributed by atoms with E-state index in [4.69, 9.17) is 17.4 Å². The van der Waals surface area contributed by atoms with E-state index in [1.807, 2.05) is 24.3 Å². The van der Waals surface area contributed by atoms with E-state index in [0.29, 0.717) is 0 Å². The zero-order chi connectivity index (χ0) is 12.1. The molecule has 2 aromatic rings. The van der Waals surface area contributed by atoms with Gasteiger partial charge in [-0.25, -0.2) is 0 Å². The summed E-state index contributed by atoms with van der Waals surface area (Å²) in [5.74, 6) is 5.61. The summed E-state index contributed by atoms with van der Waals surface area (Å²) in [5.41, 5.74) is 5.25. The molecule has 1 atom stereocenters. The molecule has 0 spiro atoms. The Hall–Kier alpha value is -0.870. The minimum Gasteiger partial charge on any atom is -0.271 e. The van der Waals surface area contributed by atoms with Crippen LogP contribution in [-0.2, 0) is 6.42 Å². The normalized spacial score (nSPS) is 12.6. The number of rotatable bonds is 5. The van der Waals surface area contributed by atoms with Crippen molar-refractivity contribution in [2.75, 3.05) is 0 Å². The van der Waals surface area contributed by atoms with Gasteiger partial charge in [0.05, 0.1) is 0 Å². The lowest BCUT2D eigenvalue weighted by Crippen LogP contribution is -2.28. The van der Waals surface area contributed by atoms with E-state index in [2.05, 4.69) is 22.3 Å². The predicted molar refractivity (Wildman–Crippen MR) is 74.2 cm³/mol. The van der Waals surface area contributed by atoms with Crippen molar-refractivity contribution in [1.82, 2.24) is 5.43 Å². The third kappa shape index (κ3) is 3.30. The molecule has 1 aromatic heterocycles. The van der Waals surface area contributed by atoms with Gasteiger partial charge in [0.1, 0.15) is 0 Å². The highest BCUT2D eigenvalue weighted by molar-refractivity contribution is 7.07. The van der Waals surface area contributed by atoms with Crippen LogP contribution in [0.3, 0.4) is 0 Å². The van der Waals surface area contributed by atoms with Crippen molar-refractivity contribution in [2.24, 2.45) is 5.84 Å². The molecule has 2 rings (SSSR count). The summed E-state index contributed by atoms with van der Waals surface area (Å²) in [6, 6.07) is 10.1. The lowest BCUT2D eigenvalue weighted by atomic mass is 10.0. The van der Waals surface area contributed by atoms with E-state index in [1.54, 1.807) is 11.3 Å². The van der Waals surface area contributed by atoms with Crippen molar-refractivity contribution < 1.29 is 0 Å². The van der Waals surface area contributed by atoms with Crippen LogP contribution < -0.4 is 11.3 Å². The van der Waals surface area contributed by atoms with Gasteiger partial charge < -0.3 is 0 Å². The van der Waals surface area contributed by atoms with Crippen LogP contribution >= 0.6 is 22.9 Å². The first-order valence-corrected chi connectivity index (χ1v) is 6.85. The SMILES string of the molecule is NNC(CCc1ccsc1)c1ccccc1Cl. The van der Waals surface area contributed by atoms with E-state index in [0.717, 1.165) is 23.4 Å². The van der Waals surface area contributed by atoms with Crippen LogP contribution in [0, 0.1) is 0 Å². The maximum atomic E-state index is 6.16. The van der Waals surface area contributed by atoms with E-state index >= 15 is 0 Å². The molecule has 0 amide bonds. The van der Waals surface area contributed by atoms with Gasteiger partial charge in [0.25, 0.3) is 0 Å². The lowest BCUT2D eigenvalue weighted by Gasteiger charge is -2.17. The Morgan fingerprint density at radius 3 is 2.76 bits per heavy atom. The highest BCUT2D eigenvalue weighted by atomic mass is 35.5. The van der Waals surface area contributed by atoms with Crippen LogP contribution in [0.1, 0.15) is 23.6 Å². The summed E-state index contributed by atoms with van der Waals surface area (Å²) in [6.07, 6.45) is 1.94. The molecule has 3 N–H and O–H groups in total. The molecule has 0 radical (unpaired) electrons. The van der Waals surface area contributed by atoms with Crippen LogP contribution in [0.4, 0.5) is 0 Å². The number of benzene rings is 1. The molecular weight excluding hydrogens is 252 g/mol. The molecule has 0 bridgehead atoms. The predicted octanol–water partition coefficient (Wildman–Crippen LogP) is 3.54. The zero-order valence-corrected chi connectivity index (χ0v) is 11.0. The Balaban J connectivity index is 2.04. The number of halogens is 1. The third-order valence-electron chi connectivity index (χ3n) is 2.78. The second kappa shape index (κ2) is 6.17. The summed E-state index contributed by atoms with van der Waals surface area (Å²) >= 11 is 7.88. The molecule has 0 aliphatic carbocycles. The van der Waals surface area contributed by atoms with Gasteiger partial charge in [-0.2, -0.15) is 11.3 Å². The van der Waals surface area contributed by atoms with Crippen LogP contribution in [-0.4, -0.2) is 0 Å². The fraction of sp³-hybridized carbons (Fsp3) is 0.231. The Labute approximate surface area is 110 Å². The zero-order valence-electron chi connectivity index (χ0n) is 9.40. The average Bonchev–Trinajstić information content (AvgIpc) is 2.85. The molecule has 1 aromatic carbocycles. The Morgan fingerprint density at radius 1 is 1.29 bits per heavy atom. The van der Waals surface area contributed by atoms with Gasteiger partial charge in [0.15, 0.2) is 0 Å². The van der Waals surface area contributed by atoms with Gasteiger partial charge >= 0.3 is 0 Å². The number of thiophene rings is 1. The average molecular weight is 267 g/mol. The molecule has 0 saturated carbocycles. The smallest absolute Gasteiger partial charge is 0.0477 e. The number of hydrogen-bond acceptors (Lipinski definition) is 3. The Bertz CT molecular complexity index is 456. The number of nitrogens with one attached hydrogen (secondary N) is 1. The molecule has 1 heterocycles. The van der Waals surface area contributed by atoms with Crippen LogP contribution in [0.15, 0.2) is 41.1 Å².